The van der Waals surface area contributed by atoms with Gasteiger partial charge in [0.05, 0.1) is 11.2 Å². The summed E-state index contributed by atoms with van der Waals surface area (Å²) in [6, 6.07) is 77.2. The maximum Gasteiger partial charge on any atom is 0.164 e. The van der Waals surface area contributed by atoms with Crippen LogP contribution in [-0.4, -0.2) is 19.9 Å². The molecule has 12 aromatic rings. The van der Waals surface area contributed by atoms with Gasteiger partial charge in [0.25, 0.3) is 0 Å². The molecule has 10 aromatic carbocycles. The molecule has 0 atom stereocenters. The second kappa shape index (κ2) is 14.7. The van der Waals surface area contributed by atoms with Crippen molar-refractivity contribution in [3.05, 3.63) is 218 Å². The fraction of sp³-hybridized carbons (Fsp3) is 0. The maximum atomic E-state index is 5.24. The monoisotopic (exact) mass is 788 g/mol. The Hall–Kier alpha value is -8.34. The van der Waals surface area contributed by atoms with Crippen LogP contribution in [0, 0.1) is 0 Å². The third-order valence-corrected chi connectivity index (χ3v) is 12.0. The van der Waals surface area contributed by atoms with E-state index < -0.39 is 0 Å². The Balaban J connectivity index is 1.11. The zero-order valence-corrected chi connectivity index (χ0v) is 33.6. The van der Waals surface area contributed by atoms with Gasteiger partial charge in [-0.3, -0.25) is 0 Å². The van der Waals surface area contributed by atoms with Crippen molar-refractivity contribution in [3.8, 4) is 67.7 Å². The van der Waals surface area contributed by atoms with E-state index >= 15 is 0 Å². The molecule has 2 heterocycles. The van der Waals surface area contributed by atoms with Crippen molar-refractivity contribution in [1.29, 1.82) is 0 Å². The first-order valence-electron chi connectivity index (χ1n) is 21.0. The number of pyridine rings is 1. The van der Waals surface area contributed by atoms with E-state index in [2.05, 4.69) is 182 Å². The van der Waals surface area contributed by atoms with Gasteiger partial charge in [0.15, 0.2) is 17.5 Å². The van der Waals surface area contributed by atoms with E-state index in [4.69, 9.17) is 19.9 Å². The van der Waals surface area contributed by atoms with Crippen molar-refractivity contribution in [2.24, 2.45) is 0 Å². The van der Waals surface area contributed by atoms with Crippen molar-refractivity contribution >= 4 is 54.0 Å². The van der Waals surface area contributed by atoms with Crippen molar-refractivity contribution in [2.75, 3.05) is 0 Å². The Labute approximate surface area is 358 Å². The second-order valence-electron chi connectivity index (χ2n) is 15.8. The van der Waals surface area contributed by atoms with Crippen LogP contribution in [0.15, 0.2) is 218 Å². The standard InChI is InChI=1S/C58H36N4/c1-3-16-37(17-4-1)56-60-57(38-18-5-2-6-19-38)62-58(61-56)45-35-43(34-44(36-45)54-48-23-9-7-20-40(48)32-41-21-8-10-24-49(41)54)46-28-15-22-39-33-42(30-31-47(39)46)55-52-27-12-11-25-50(52)51-26-13-14-29-53(51)59-55/h1-36H. The molecule has 0 aliphatic heterocycles. The molecule has 0 saturated heterocycles. The van der Waals surface area contributed by atoms with E-state index in [0.717, 1.165) is 71.7 Å². The summed E-state index contributed by atoms with van der Waals surface area (Å²) >= 11 is 0. The molecule has 0 fully saturated rings. The fourth-order valence-corrected chi connectivity index (χ4v) is 9.13. The highest BCUT2D eigenvalue weighted by Gasteiger charge is 2.19. The molecular weight excluding hydrogens is 753 g/mol. The molecule has 12 rings (SSSR count). The maximum absolute atomic E-state index is 5.24. The number of fused-ring (bicyclic) bond motifs is 6. The lowest BCUT2D eigenvalue weighted by atomic mass is 9.88. The van der Waals surface area contributed by atoms with Crippen LogP contribution in [0.5, 0.6) is 0 Å². The molecule has 288 valence electrons. The molecule has 0 aliphatic carbocycles. The average Bonchev–Trinajstić information content (AvgIpc) is 3.35. The molecule has 0 spiro atoms. The Morgan fingerprint density at radius 1 is 0.242 bits per heavy atom. The molecule has 0 saturated carbocycles. The highest BCUT2D eigenvalue weighted by atomic mass is 15.0. The van der Waals surface area contributed by atoms with Crippen LogP contribution < -0.4 is 0 Å². The average molecular weight is 789 g/mol. The Morgan fingerprint density at radius 3 is 1.42 bits per heavy atom. The first kappa shape index (κ1) is 35.6. The van der Waals surface area contributed by atoms with Crippen LogP contribution in [-0.2, 0) is 0 Å². The molecule has 0 unspecified atom stereocenters. The minimum absolute atomic E-state index is 0.613. The lowest BCUT2D eigenvalue weighted by molar-refractivity contribution is 1.07. The van der Waals surface area contributed by atoms with Gasteiger partial charge in [0, 0.05) is 33.0 Å². The minimum atomic E-state index is 0.613. The molecule has 4 nitrogen and oxygen atoms in total. The van der Waals surface area contributed by atoms with E-state index in [0.29, 0.717) is 17.5 Å². The van der Waals surface area contributed by atoms with Crippen molar-refractivity contribution < 1.29 is 0 Å². The van der Waals surface area contributed by atoms with Gasteiger partial charge in [-0.25, -0.2) is 19.9 Å². The van der Waals surface area contributed by atoms with Gasteiger partial charge in [-0.05, 0) is 96.4 Å². The summed E-state index contributed by atoms with van der Waals surface area (Å²) in [7, 11) is 0. The van der Waals surface area contributed by atoms with Crippen molar-refractivity contribution in [1.82, 2.24) is 19.9 Å². The number of hydrogen-bond acceptors (Lipinski definition) is 4. The molecule has 62 heavy (non-hydrogen) atoms. The Kier molecular flexibility index (Phi) is 8.46. The highest BCUT2D eigenvalue weighted by molar-refractivity contribution is 6.14. The van der Waals surface area contributed by atoms with Crippen LogP contribution in [0.2, 0.25) is 0 Å². The lowest BCUT2D eigenvalue weighted by Crippen LogP contribution is -2.00. The zero-order chi connectivity index (χ0) is 41.0. The summed E-state index contributed by atoms with van der Waals surface area (Å²) in [5, 5.41) is 10.6. The number of para-hydroxylation sites is 1. The smallest absolute Gasteiger partial charge is 0.164 e. The largest absolute Gasteiger partial charge is 0.247 e. The van der Waals surface area contributed by atoms with E-state index in [1.165, 1.54) is 32.5 Å². The topological polar surface area (TPSA) is 51.6 Å². The second-order valence-corrected chi connectivity index (χ2v) is 15.8. The zero-order valence-electron chi connectivity index (χ0n) is 33.6. The van der Waals surface area contributed by atoms with Gasteiger partial charge >= 0.3 is 0 Å². The number of benzene rings is 10. The van der Waals surface area contributed by atoms with Crippen LogP contribution in [0.3, 0.4) is 0 Å². The molecule has 2 aromatic heterocycles. The molecule has 0 radical (unpaired) electrons. The summed E-state index contributed by atoms with van der Waals surface area (Å²) in [6.07, 6.45) is 0. The van der Waals surface area contributed by atoms with Crippen LogP contribution in [0.25, 0.3) is 122 Å². The van der Waals surface area contributed by atoms with Gasteiger partial charge in [0.2, 0.25) is 0 Å². The first-order valence-corrected chi connectivity index (χ1v) is 21.0. The predicted octanol–water partition coefficient (Wildman–Crippen LogP) is 15.0. The van der Waals surface area contributed by atoms with Gasteiger partial charge < -0.3 is 0 Å². The third kappa shape index (κ3) is 6.16. The number of nitrogens with zero attached hydrogens (tertiary/aromatic N) is 4. The first-order chi connectivity index (χ1) is 30.7. The van der Waals surface area contributed by atoms with Crippen molar-refractivity contribution in [3.63, 3.8) is 0 Å². The number of aromatic nitrogens is 4. The summed E-state index contributed by atoms with van der Waals surface area (Å²) < 4.78 is 0. The highest BCUT2D eigenvalue weighted by Crippen LogP contribution is 2.42. The third-order valence-electron chi connectivity index (χ3n) is 12.0. The molecule has 4 heteroatoms. The minimum Gasteiger partial charge on any atom is -0.247 e. The van der Waals surface area contributed by atoms with Crippen LogP contribution in [0.1, 0.15) is 0 Å². The van der Waals surface area contributed by atoms with Crippen molar-refractivity contribution in [2.45, 2.75) is 0 Å². The molecule has 0 bridgehead atoms. The Bertz CT molecular complexity index is 3580. The van der Waals surface area contributed by atoms with E-state index in [1.807, 2.05) is 36.4 Å². The van der Waals surface area contributed by atoms with Gasteiger partial charge in [-0.15, -0.1) is 0 Å². The molecule has 0 amide bonds. The quantitative estimate of drug-likeness (QED) is 0.124. The predicted molar refractivity (Wildman–Crippen MR) is 258 cm³/mol. The van der Waals surface area contributed by atoms with Crippen LogP contribution in [0.4, 0.5) is 0 Å². The van der Waals surface area contributed by atoms with E-state index in [-0.39, 0.29) is 0 Å². The Morgan fingerprint density at radius 2 is 0.742 bits per heavy atom. The van der Waals surface area contributed by atoms with Gasteiger partial charge in [-0.2, -0.15) is 0 Å². The van der Waals surface area contributed by atoms with Gasteiger partial charge in [0.1, 0.15) is 0 Å². The van der Waals surface area contributed by atoms with Gasteiger partial charge in [-0.1, -0.05) is 182 Å². The summed E-state index contributed by atoms with van der Waals surface area (Å²) in [5.41, 5.74) is 10.3. The SMILES string of the molecule is c1ccc(-c2nc(-c3ccccc3)nc(-c3cc(-c4cccc5cc(-c6nc7ccccc7c7ccccc67)ccc45)cc(-c4c5ccccc5cc5ccccc45)c3)n2)cc1. The summed E-state index contributed by atoms with van der Waals surface area (Å²) in [6.45, 7) is 0. The number of hydrogen-bond donors (Lipinski definition) is 0. The molecular formula is C58H36N4. The van der Waals surface area contributed by atoms with Crippen LogP contribution >= 0.6 is 0 Å². The number of rotatable bonds is 6. The van der Waals surface area contributed by atoms with E-state index in [1.54, 1.807) is 0 Å². The fourth-order valence-electron chi connectivity index (χ4n) is 9.13. The molecule has 0 aliphatic rings. The lowest BCUT2D eigenvalue weighted by Gasteiger charge is -2.17. The van der Waals surface area contributed by atoms with E-state index in [9.17, 15) is 0 Å². The summed E-state index contributed by atoms with van der Waals surface area (Å²) in [5.74, 6) is 1.87. The molecule has 0 N–H and O–H groups in total. The summed E-state index contributed by atoms with van der Waals surface area (Å²) in [4.78, 5) is 20.7. The normalized spacial score (nSPS) is 11.5.